The van der Waals surface area contributed by atoms with Crippen molar-refractivity contribution in [3.8, 4) is 0 Å². The van der Waals surface area contributed by atoms with Gasteiger partial charge < -0.3 is 15.2 Å². The number of carbonyl (C=O) groups is 1. The molecule has 0 aliphatic carbocycles. The van der Waals surface area contributed by atoms with Crippen LogP contribution in [0.4, 0.5) is 10.5 Å². The van der Waals surface area contributed by atoms with Gasteiger partial charge in [-0.05, 0) is 42.3 Å². The summed E-state index contributed by atoms with van der Waals surface area (Å²) < 4.78 is 1.88. The Morgan fingerprint density at radius 2 is 1.96 bits per heavy atom. The summed E-state index contributed by atoms with van der Waals surface area (Å²) in [4.78, 5) is 16.9. The molecule has 0 radical (unpaired) electrons. The Morgan fingerprint density at radius 3 is 2.60 bits per heavy atom. The molecule has 25 heavy (non-hydrogen) atoms. The van der Waals surface area contributed by atoms with E-state index in [0.717, 1.165) is 22.6 Å². The normalized spacial score (nSPS) is 11.8. The fraction of sp³-hybridized carbons (Fsp3) is 0.158. The minimum Gasteiger partial charge on any atom is -0.336 e. The number of aryl methyl sites for hydroxylation is 2. The smallest absolute Gasteiger partial charge is 0.320 e. The number of carbonyl (C=O) groups excluding carboxylic acids is 1. The van der Waals surface area contributed by atoms with E-state index in [4.69, 9.17) is 11.6 Å². The highest BCUT2D eigenvalue weighted by Crippen LogP contribution is 2.22. The summed E-state index contributed by atoms with van der Waals surface area (Å²) >= 11 is 5.98. The van der Waals surface area contributed by atoms with E-state index in [1.165, 1.54) is 0 Å². The largest absolute Gasteiger partial charge is 0.336 e. The van der Waals surface area contributed by atoms with Crippen LogP contribution in [0.15, 0.2) is 60.9 Å². The number of nitrogens with one attached hydrogen (secondary N) is 2. The molecule has 0 spiro atoms. The highest BCUT2D eigenvalue weighted by Gasteiger charge is 2.20. The predicted octanol–water partition coefficient (Wildman–Crippen LogP) is 4.29. The standard InChI is InChI=1S/C19H19ClN4O/c1-13-4-3-5-16(12-13)22-19(25)23-17(18-21-10-11-24(18)2)14-6-8-15(20)9-7-14/h3-12,17H,1-2H3,(H2,22,23,25)/t17-/m1/s1. The van der Waals surface area contributed by atoms with Gasteiger partial charge in [-0.3, -0.25) is 0 Å². The molecule has 1 atom stereocenters. The maximum absolute atomic E-state index is 12.5. The summed E-state index contributed by atoms with van der Waals surface area (Å²) in [5.41, 5.74) is 2.72. The highest BCUT2D eigenvalue weighted by atomic mass is 35.5. The number of imidazole rings is 1. The molecule has 0 aliphatic rings. The van der Waals surface area contributed by atoms with Crippen molar-refractivity contribution in [2.24, 2.45) is 7.05 Å². The molecule has 0 bridgehead atoms. The molecule has 128 valence electrons. The third-order valence-electron chi connectivity index (χ3n) is 3.87. The molecule has 5 nitrogen and oxygen atoms in total. The van der Waals surface area contributed by atoms with Crippen molar-refractivity contribution in [3.63, 3.8) is 0 Å². The zero-order valence-corrected chi connectivity index (χ0v) is 14.8. The molecule has 3 aromatic rings. The molecular weight excluding hydrogens is 336 g/mol. The van der Waals surface area contributed by atoms with Gasteiger partial charge in [0.05, 0.1) is 0 Å². The summed E-state index contributed by atoms with van der Waals surface area (Å²) in [7, 11) is 1.89. The van der Waals surface area contributed by atoms with Crippen LogP contribution in [0.2, 0.25) is 5.02 Å². The molecule has 0 saturated heterocycles. The number of rotatable bonds is 4. The van der Waals surface area contributed by atoms with Crippen LogP contribution in [0.3, 0.4) is 0 Å². The van der Waals surface area contributed by atoms with Crippen LogP contribution >= 0.6 is 11.6 Å². The van der Waals surface area contributed by atoms with E-state index in [2.05, 4.69) is 15.6 Å². The lowest BCUT2D eigenvalue weighted by molar-refractivity contribution is 0.249. The van der Waals surface area contributed by atoms with Crippen LogP contribution in [0, 0.1) is 6.92 Å². The first kappa shape index (κ1) is 17.0. The van der Waals surface area contributed by atoms with Gasteiger partial charge in [0.25, 0.3) is 0 Å². The van der Waals surface area contributed by atoms with E-state index in [9.17, 15) is 4.79 Å². The van der Waals surface area contributed by atoms with Crippen LogP contribution in [0.25, 0.3) is 0 Å². The van der Waals surface area contributed by atoms with Crippen molar-refractivity contribution in [2.45, 2.75) is 13.0 Å². The lowest BCUT2D eigenvalue weighted by Gasteiger charge is -2.19. The maximum atomic E-state index is 12.5. The fourth-order valence-electron chi connectivity index (χ4n) is 2.63. The molecule has 2 N–H and O–H groups in total. The van der Waals surface area contributed by atoms with E-state index in [0.29, 0.717) is 5.02 Å². The van der Waals surface area contributed by atoms with Gasteiger partial charge in [-0.25, -0.2) is 9.78 Å². The lowest BCUT2D eigenvalue weighted by Crippen LogP contribution is -2.34. The van der Waals surface area contributed by atoms with Crippen molar-refractivity contribution < 1.29 is 4.79 Å². The van der Waals surface area contributed by atoms with Gasteiger partial charge in [0.15, 0.2) is 0 Å². The molecule has 1 aromatic heterocycles. The molecule has 0 unspecified atom stereocenters. The van der Waals surface area contributed by atoms with E-state index in [1.807, 2.05) is 61.1 Å². The summed E-state index contributed by atoms with van der Waals surface area (Å²) in [6, 6.07) is 14.3. The number of amides is 2. The second kappa shape index (κ2) is 7.40. The zero-order valence-electron chi connectivity index (χ0n) is 14.0. The van der Waals surface area contributed by atoms with Crippen molar-refractivity contribution in [1.82, 2.24) is 14.9 Å². The monoisotopic (exact) mass is 354 g/mol. The molecule has 0 fully saturated rings. The average molecular weight is 355 g/mol. The fourth-order valence-corrected chi connectivity index (χ4v) is 2.75. The first-order chi connectivity index (χ1) is 12.0. The Hall–Kier alpha value is -2.79. The molecule has 2 amide bonds. The molecule has 1 heterocycles. The number of aromatic nitrogens is 2. The third-order valence-corrected chi connectivity index (χ3v) is 4.12. The number of benzene rings is 2. The lowest BCUT2D eigenvalue weighted by atomic mass is 10.1. The van der Waals surface area contributed by atoms with Gasteiger partial charge in [-0.15, -0.1) is 0 Å². The minimum atomic E-state index is -0.387. The Labute approximate surface area is 151 Å². The maximum Gasteiger partial charge on any atom is 0.320 e. The highest BCUT2D eigenvalue weighted by molar-refractivity contribution is 6.30. The van der Waals surface area contributed by atoms with Crippen LogP contribution in [-0.4, -0.2) is 15.6 Å². The molecule has 0 aliphatic heterocycles. The summed E-state index contributed by atoms with van der Waals surface area (Å²) in [5, 5.41) is 6.50. The van der Waals surface area contributed by atoms with E-state index >= 15 is 0 Å². The van der Waals surface area contributed by atoms with E-state index < -0.39 is 0 Å². The van der Waals surface area contributed by atoms with Crippen LogP contribution in [-0.2, 0) is 7.05 Å². The number of halogens is 1. The van der Waals surface area contributed by atoms with Crippen LogP contribution in [0.5, 0.6) is 0 Å². The molecular formula is C19H19ClN4O. The quantitative estimate of drug-likeness (QED) is 0.734. The predicted molar refractivity (Wildman–Crippen MR) is 99.8 cm³/mol. The third kappa shape index (κ3) is 4.19. The Kier molecular flexibility index (Phi) is 5.05. The average Bonchev–Trinajstić information content (AvgIpc) is 2.99. The van der Waals surface area contributed by atoms with Crippen molar-refractivity contribution in [1.29, 1.82) is 0 Å². The number of hydrogen-bond donors (Lipinski definition) is 2. The van der Waals surface area contributed by atoms with Crippen molar-refractivity contribution in [3.05, 3.63) is 82.9 Å². The van der Waals surface area contributed by atoms with Crippen molar-refractivity contribution >= 4 is 23.3 Å². The van der Waals surface area contributed by atoms with E-state index in [1.54, 1.807) is 18.3 Å². The zero-order chi connectivity index (χ0) is 17.8. The van der Waals surface area contributed by atoms with Gasteiger partial charge in [-0.1, -0.05) is 35.9 Å². The first-order valence-corrected chi connectivity index (χ1v) is 8.27. The topological polar surface area (TPSA) is 59.0 Å². The number of anilines is 1. The van der Waals surface area contributed by atoms with Crippen LogP contribution in [0.1, 0.15) is 23.0 Å². The number of urea groups is 1. The van der Waals surface area contributed by atoms with Gasteiger partial charge >= 0.3 is 6.03 Å². The van der Waals surface area contributed by atoms with Gasteiger partial charge in [-0.2, -0.15) is 0 Å². The number of hydrogen-bond acceptors (Lipinski definition) is 2. The SMILES string of the molecule is Cc1cccc(NC(=O)N[C@H](c2ccc(Cl)cc2)c2nccn2C)c1. The Bertz CT molecular complexity index is 873. The van der Waals surface area contributed by atoms with Gasteiger partial charge in [0, 0.05) is 30.2 Å². The molecule has 6 heteroatoms. The summed E-state index contributed by atoms with van der Waals surface area (Å²) in [5.74, 6) is 0.738. The Morgan fingerprint density at radius 1 is 1.20 bits per heavy atom. The molecule has 2 aromatic carbocycles. The van der Waals surface area contributed by atoms with Gasteiger partial charge in [0.2, 0.25) is 0 Å². The Balaban J connectivity index is 1.83. The minimum absolute atomic E-state index is 0.298. The molecule has 3 rings (SSSR count). The van der Waals surface area contributed by atoms with Crippen molar-refractivity contribution in [2.75, 3.05) is 5.32 Å². The first-order valence-electron chi connectivity index (χ1n) is 7.90. The molecule has 0 saturated carbocycles. The second-order valence-electron chi connectivity index (χ2n) is 5.85. The second-order valence-corrected chi connectivity index (χ2v) is 6.29. The van der Waals surface area contributed by atoms with E-state index in [-0.39, 0.29) is 12.1 Å². The summed E-state index contributed by atoms with van der Waals surface area (Å²) in [6.45, 7) is 1.98. The summed E-state index contributed by atoms with van der Waals surface area (Å²) in [6.07, 6.45) is 3.55. The number of nitrogens with zero attached hydrogens (tertiary/aromatic N) is 2. The van der Waals surface area contributed by atoms with Crippen LogP contribution < -0.4 is 10.6 Å². The van der Waals surface area contributed by atoms with Gasteiger partial charge in [0.1, 0.15) is 11.9 Å².